The molecule has 1 atom stereocenters. The van der Waals surface area contributed by atoms with Crippen LogP contribution >= 0.6 is 36.6 Å². The Morgan fingerprint density at radius 3 is 2.68 bits per heavy atom. The van der Waals surface area contributed by atoms with Crippen LogP contribution in [-0.4, -0.2) is 53.1 Å². The summed E-state index contributed by atoms with van der Waals surface area (Å²) in [7, 11) is 0. The topological polar surface area (TPSA) is 88.3 Å². The third-order valence-corrected chi connectivity index (χ3v) is 4.84. The van der Waals surface area contributed by atoms with E-state index in [-0.39, 0.29) is 41.9 Å². The van der Waals surface area contributed by atoms with Gasteiger partial charge in [0.05, 0.1) is 10.8 Å². The van der Waals surface area contributed by atoms with Crippen molar-refractivity contribution in [1.82, 2.24) is 15.2 Å². The van der Waals surface area contributed by atoms with Crippen LogP contribution in [0.5, 0.6) is 0 Å². The van der Waals surface area contributed by atoms with Gasteiger partial charge in [0, 0.05) is 25.8 Å². The number of nitrogens with two attached hydrogens (primary N) is 1. The zero-order chi connectivity index (χ0) is 16.7. The van der Waals surface area contributed by atoms with Gasteiger partial charge in [-0.3, -0.25) is 9.59 Å². The molecule has 25 heavy (non-hydrogen) atoms. The number of thioether (sulfide) groups is 1. The Labute approximate surface area is 165 Å². The van der Waals surface area contributed by atoms with Gasteiger partial charge >= 0.3 is 0 Å². The first-order chi connectivity index (χ1) is 11.1. The molecule has 0 bridgehead atoms. The van der Waals surface area contributed by atoms with Crippen molar-refractivity contribution in [2.75, 3.05) is 26.2 Å². The molecule has 1 aromatic heterocycles. The van der Waals surface area contributed by atoms with E-state index < -0.39 is 0 Å². The van der Waals surface area contributed by atoms with Gasteiger partial charge in [-0.1, -0.05) is 11.8 Å². The summed E-state index contributed by atoms with van der Waals surface area (Å²) < 4.78 is 0. The van der Waals surface area contributed by atoms with Crippen molar-refractivity contribution in [3.63, 3.8) is 0 Å². The third-order valence-electron chi connectivity index (χ3n) is 3.74. The summed E-state index contributed by atoms with van der Waals surface area (Å²) in [6.07, 6.45) is 4.52. The van der Waals surface area contributed by atoms with E-state index in [0.29, 0.717) is 23.7 Å². The molecule has 2 amide bonds. The zero-order valence-corrected chi connectivity index (χ0v) is 16.7. The summed E-state index contributed by atoms with van der Waals surface area (Å²) in [6, 6.07) is 3.47. The Morgan fingerprint density at radius 1 is 1.36 bits per heavy atom. The molecule has 9 heteroatoms. The number of aromatic nitrogens is 1. The highest BCUT2D eigenvalue weighted by molar-refractivity contribution is 8.00. The molecule has 1 aliphatic rings. The summed E-state index contributed by atoms with van der Waals surface area (Å²) in [4.78, 5) is 30.8. The van der Waals surface area contributed by atoms with Crippen molar-refractivity contribution in [2.45, 2.75) is 36.5 Å². The molecular formula is C16H26Cl2N4O2S. The predicted molar refractivity (Wildman–Crippen MR) is 106 cm³/mol. The molecule has 1 fully saturated rings. The second-order valence-corrected chi connectivity index (χ2v) is 6.88. The normalized spacial score (nSPS) is 14.2. The maximum Gasteiger partial charge on any atom is 0.254 e. The van der Waals surface area contributed by atoms with Crippen LogP contribution < -0.4 is 11.1 Å². The fraction of sp³-hybridized carbons (Fsp3) is 0.562. The van der Waals surface area contributed by atoms with Gasteiger partial charge in [0.15, 0.2) is 0 Å². The average molecular weight is 409 g/mol. The number of carbonyl (C=O) groups is 2. The summed E-state index contributed by atoms with van der Waals surface area (Å²) in [5, 5.41) is 3.17. The lowest BCUT2D eigenvalue weighted by atomic mass is 10.2. The van der Waals surface area contributed by atoms with Crippen molar-refractivity contribution in [1.29, 1.82) is 0 Å². The lowest BCUT2D eigenvalue weighted by Crippen LogP contribution is -2.34. The maximum atomic E-state index is 12.4. The Hall–Kier alpha value is -1.02. The Kier molecular flexibility index (Phi) is 11.8. The SMILES string of the molecule is CC(Sc1ncccc1C(=O)NCCCN)C(=O)N1CCCC1.Cl.Cl. The van der Waals surface area contributed by atoms with Gasteiger partial charge in [0.25, 0.3) is 5.91 Å². The second kappa shape index (κ2) is 12.4. The Morgan fingerprint density at radius 2 is 2.04 bits per heavy atom. The summed E-state index contributed by atoms with van der Waals surface area (Å²) in [5.41, 5.74) is 5.94. The van der Waals surface area contributed by atoms with Gasteiger partial charge in [0.2, 0.25) is 5.91 Å². The molecule has 142 valence electrons. The van der Waals surface area contributed by atoms with Crippen molar-refractivity contribution in [3.05, 3.63) is 23.9 Å². The van der Waals surface area contributed by atoms with Crippen LogP contribution in [0.2, 0.25) is 0 Å². The van der Waals surface area contributed by atoms with Crippen LogP contribution in [-0.2, 0) is 4.79 Å². The highest BCUT2D eigenvalue weighted by atomic mass is 35.5. The zero-order valence-electron chi connectivity index (χ0n) is 14.3. The summed E-state index contributed by atoms with van der Waals surface area (Å²) in [6.45, 7) is 4.61. The molecule has 1 saturated heterocycles. The summed E-state index contributed by atoms with van der Waals surface area (Å²) >= 11 is 1.34. The van der Waals surface area contributed by atoms with Crippen molar-refractivity contribution in [3.8, 4) is 0 Å². The minimum absolute atomic E-state index is 0. The first kappa shape index (κ1) is 24.0. The van der Waals surface area contributed by atoms with Gasteiger partial charge in [-0.2, -0.15) is 0 Å². The molecule has 1 unspecified atom stereocenters. The first-order valence-electron chi connectivity index (χ1n) is 8.02. The number of hydrogen-bond acceptors (Lipinski definition) is 5. The molecule has 0 spiro atoms. The van der Waals surface area contributed by atoms with E-state index in [1.165, 1.54) is 11.8 Å². The molecule has 0 radical (unpaired) electrons. The fourth-order valence-electron chi connectivity index (χ4n) is 2.47. The largest absolute Gasteiger partial charge is 0.352 e. The molecule has 6 nitrogen and oxygen atoms in total. The number of likely N-dealkylation sites (tertiary alicyclic amines) is 1. The number of rotatable bonds is 7. The molecule has 3 N–H and O–H groups in total. The van der Waals surface area contributed by atoms with Gasteiger partial charge in [-0.05, 0) is 44.9 Å². The number of pyridine rings is 1. The van der Waals surface area contributed by atoms with Crippen LogP contribution in [0.25, 0.3) is 0 Å². The Bertz CT molecular complexity index is 557. The molecule has 1 aliphatic heterocycles. The molecule has 0 saturated carbocycles. The first-order valence-corrected chi connectivity index (χ1v) is 8.90. The van der Waals surface area contributed by atoms with E-state index in [0.717, 1.165) is 32.4 Å². The monoisotopic (exact) mass is 408 g/mol. The van der Waals surface area contributed by atoms with E-state index in [4.69, 9.17) is 5.73 Å². The van der Waals surface area contributed by atoms with Crippen LogP contribution in [0.15, 0.2) is 23.4 Å². The van der Waals surface area contributed by atoms with Gasteiger partial charge in [-0.25, -0.2) is 4.98 Å². The number of carbonyl (C=O) groups excluding carboxylic acids is 2. The molecule has 0 aromatic carbocycles. The fourth-order valence-corrected chi connectivity index (χ4v) is 3.46. The molecule has 2 heterocycles. The minimum Gasteiger partial charge on any atom is -0.352 e. The van der Waals surface area contributed by atoms with Crippen molar-refractivity contribution in [2.24, 2.45) is 5.73 Å². The van der Waals surface area contributed by atoms with E-state index in [9.17, 15) is 9.59 Å². The maximum absolute atomic E-state index is 12.4. The smallest absolute Gasteiger partial charge is 0.254 e. The molecule has 1 aromatic rings. The highest BCUT2D eigenvalue weighted by Gasteiger charge is 2.25. The van der Waals surface area contributed by atoms with Crippen LogP contribution in [0.1, 0.15) is 36.5 Å². The van der Waals surface area contributed by atoms with Crippen LogP contribution in [0.3, 0.4) is 0 Å². The number of halogens is 2. The van der Waals surface area contributed by atoms with E-state index in [2.05, 4.69) is 10.3 Å². The average Bonchev–Trinajstić information content (AvgIpc) is 3.09. The predicted octanol–water partition coefficient (Wildman–Crippen LogP) is 2.11. The quantitative estimate of drug-likeness (QED) is 0.532. The van der Waals surface area contributed by atoms with E-state index in [1.807, 2.05) is 11.8 Å². The van der Waals surface area contributed by atoms with E-state index in [1.54, 1.807) is 18.3 Å². The van der Waals surface area contributed by atoms with Gasteiger partial charge in [0.1, 0.15) is 5.03 Å². The number of hydrogen-bond donors (Lipinski definition) is 2. The van der Waals surface area contributed by atoms with Gasteiger partial charge in [-0.15, -0.1) is 24.8 Å². The van der Waals surface area contributed by atoms with E-state index >= 15 is 0 Å². The number of amides is 2. The standard InChI is InChI=1S/C16H24N4O2S.2ClH/c1-12(16(22)20-10-2-3-11-20)23-15-13(6-4-8-19-15)14(21)18-9-5-7-17;;/h4,6,8,12H,2-3,5,7,9-11,17H2,1H3,(H,18,21);2*1H. The second-order valence-electron chi connectivity index (χ2n) is 5.55. The molecule has 2 rings (SSSR count). The van der Waals surface area contributed by atoms with Crippen LogP contribution in [0.4, 0.5) is 0 Å². The molecular weight excluding hydrogens is 383 g/mol. The Balaban J connectivity index is 0.00000288. The minimum atomic E-state index is -0.251. The third kappa shape index (κ3) is 7.01. The van der Waals surface area contributed by atoms with Crippen LogP contribution in [0, 0.1) is 0 Å². The highest BCUT2D eigenvalue weighted by Crippen LogP contribution is 2.26. The number of nitrogens with one attached hydrogen (secondary N) is 1. The lowest BCUT2D eigenvalue weighted by molar-refractivity contribution is -0.129. The van der Waals surface area contributed by atoms with Crippen molar-refractivity contribution < 1.29 is 9.59 Å². The van der Waals surface area contributed by atoms with Crippen molar-refractivity contribution >= 4 is 48.4 Å². The number of nitrogens with zero attached hydrogens (tertiary/aromatic N) is 2. The lowest BCUT2D eigenvalue weighted by Gasteiger charge is -2.20. The molecule has 0 aliphatic carbocycles. The van der Waals surface area contributed by atoms with Gasteiger partial charge < -0.3 is 16.0 Å². The summed E-state index contributed by atoms with van der Waals surface area (Å²) in [5.74, 6) is -0.0532.